The van der Waals surface area contributed by atoms with E-state index in [4.69, 9.17) is 22.1 Å². The summed E-state index contributed by atoms with van der Waals surface area (Å²) in [5.41, 5.74) is 8.65. The summed E-state index contributed by atoms with van der Waals surface area (Å²) in [7, 11) is 0. The Morgan fingerprint density at radius 2 is 2.04 bits per heavy atom. The van der Waals surface area contributed by atoms with Crippen LogP contribution < -0.4 is 15.5 Å². The first-order chi connectivity index (χ1) is 13.5. The van der Waals surface area contributed by atoms with Gasteiger partial charge in [-0.15, -0.1) is 11.3 Å². The van der Waals surface area contributed by atoms with E-state index in [2.05, 4.69) is 4.90 Å². The molecule has 4 rings (SSSR count). The van der Waals surface area contributed by atoms with Crippen LogP contribution in [0.2, 0.25) is 4.34 Å². The van der Waals surface area contributed by atoms with E-state index in [9.17, 15) is 9.59 Å². The van der Waals surface area contributed by atoms with Crippen LogP contribution in [0.4, 0.5) is 21.9 Å². The quantitative estimate of drug-likeness (QED) is 0.548. The lowest BCUT2D eigenvalue weighted by Gasteiger charge is -2.21. The Balaban J connectivity index is 1.38. The van der Waals surface area contributed by atoms with Gasteiger partial charge in [0.1, 0.15) is 6.10 Å². The highest BCUT2D eigenvalue weighted by molar-refractivity contribution is 7.18. The van der Waals surface area contributed by atoms with Crippen LogP contribution in [-0.2, 0) is 4.74 Å². The summed E-state index contributed by atoms with van der Waals surface area (Å²) >= 11 is 7.15. The van der Waals surface area contributed by atoms with Crippen LogP contribution in [0.1, 0.15) is 35.4 Å². The molecular formula is C20H22ClN3O3S. The summed E-state index contributed by atoms with van der Waals surface area (Å²) in [6.45, 7) is 2.45. The minimum atomic E-state index is -0.398. The van der Waals surface area contributed by atoms with Gasteiger partial charge in [0.05, 0.1) is 27.1 Å². The molecular weight excluding hydrogens is 398 g/mol. The zero-order valence-corrected chi connectivity index (χ0v) is 17.0. The number of amides is 1. The third-order valence-corrected chi connectivity index (χ3v) is 6.46. The largest absolute Gasteiger partial charge is 0.444 e. The van der Waals surface area contributed by atoms with Gasteiger partial charge in [-0.3, -0.25) is 9.69 Å². The Hall–Kier alpha value is -2.25. The summed E-state index contributed by atoms with van der Waals surface area (Å²) < 4.78 is 6.04. The zero-order valence-electron chi connectivity index (χ0n) is 15.4. The highest BCUT2D eigenvalue weighted by Crippen LogP contribution is 2.33. The van der Waals surface area contributed by atoms with Gasteiger partial charge in [0.25, 0.3) is 0 Å². The Bertz CT molecular complexity index is 895. The van der Waals surface area contributed by atoms with E-state index < -0.39 is 6.09 Å². The summed E-state index contributed by atoms with van der Waals surface area (Å²) in [6, 6.07) is 9.16. The summed E-state index contributed by atoms with van der Waals surface area (Å²) in [5, 5.41) is 0. The SMILES string of the molecule is Nc1cc(N2CC(CCC(=O)c3ccc(Cl)s3)OC2=O)ccc1N1CCCC1. The third-order valence-electron chi connectivity index (χ3n) is 5.19. The van der Waals surface area contributed by atoms with Gasteiger partial charge in [0, 0.05) is 25.2 Å². The van der Waals surface area contributed by atoms with Crippen molar-refractivity contribution < 1.29 is 14.3 Å². The van der Waals surface area contributed by atoms with E-state index >= 15 is 0 Å². The molecule has 148 valence electrons. The molecule has 2 aliphatic heterocycles. The molecule has 0 saturated carbocycles. The predicted molar refractivity (Wildman–Crippen MR) is 113 cm³/mol. The van der Waals surface area contributed by atoms with Crippen LogP contribution >= 0.6 is 22.9 Å². The highest BCUT2D eigenvalue weighted by Gasteiger charge is 2.33. The number of nitrogen functional groups attached to an aromatic ring is 1. The molecule has 0 aliphatic carbocycles. The van der Waals surface area contributed by atoms with E-state index in [1.807, 2.05) is 18.2 Å². The maximum absolute atomic E-state index is 12.3. The van der Waals surface area contributed by atoms with Crippen LogP contribution in [0.25, 0.3) is 0 Å². The van der Waals surface area contributed by atoms with Crippen molar-refractivity contribution in [3.05, 3.63) is 39.5 Å². The fraction of sp³-hybridized carbons (Fsp3) is 0.400. The third kappa shape index (κ3) is 3.95. The lowest BCUT2D eigenvalue weighted by atomic mass is 10.1. The number of Topliss-reactive ketones (excluding diaryl/α,β-unsaturated/α-hetero) is 1. The maximum atomic E-state index is 12.3. The minimum absolute atomic E-state index is 0.0191. The van der Waals surface area contributed by atoms with Crippen molar-refractivity contribution in [2.45, 2.75) is 31.8 Å². The van der Waals surface area contributed by atoms with Crippen molar-refractivity contribution in [2.24, 2.45) is 0 Å². The second kappa shape index (κ2) is 8.01. The monoisotopic (exact) mass is 419 g/mol. The number of benzene rings is 1. The highest BCUT2D eigenvalue weighted by atomic mass is 35.5. The van der Waals surface area contributed by atoms with Crippen LogP contribution in [0, 0.1) is 0 Å². The number of nitrogens with zero attached hydrogens (tertiary/aromatic N) is 2. The Morgan fingerprint density at radius 1 is 1.25 bits per heavy atom. The number of anilines is 3. The molecule has 1 unspecified atom stereocenters. The van der Waals surface area contributed by atoms with Crippen molar-refractivity contribution in [1.82, 2.24) is 0 Å². The van der Waals surface area contributed by atoms with Gasteiger partial charge in [-0.1, -0.05) is 11.6 Å². The number of rotatable bonds is 6. The topological polar surface area (TPSA) is 75.9 Å². The van der Waals surface area contributed by atoms with Gasteiger partial charge in [-0.25, -0.2) is 4.79 Å². The Morgan fingerprint density at radius 3 is 2.71 bits per heavy atom. The average Bonchev–Trinajstić information content (AvgIpc) is 3.41. The number of hydrogen-bond donors (Lipinski definition) is 1. The summed E-state index contributed by atoms with van der Waals surface area (Å²) in [5.74, 6) is 0.0191. The molecule has 1 aromatic heterocycles. The summed E-state index contributed by atoms with van der Waals surface area (Å²) in [4.78, 5) is 29.0. The Kier molecular flexibility index (Phi) is 5.46. The van der Waals surface area contributed by atoms with Gasteiger partial charge in [-0.05, 0) is 49.6 Å². The normalized spacial score (nSPS) is 19.3. The second-order valence-corrected chi connectivity index (χ2v) is 8.83. The second-order valence-electron chi connectivity index (χ2n) is 7.12. The number of thiophene rings is 1. The van der Waals surface area contributed by atoms with Crippen molar-refractivity contribution >= 4 is 51.9 Å². The summed E-state index contributed by atoms with van der Waals surface area (Å²) in [6.07, 6.45) is 2.45. The average molecular weight is 420 g/mol. The molecule has 2 fully saturated rings. The predicted octanol–water partition coefficient (Wildman–Crippen LogP) is 4.57. The lowest BCUT2D eigenvalue weighted by molar-refractivity contribution is 0.0943. The fourth-order valence-corrected chi connectivity index (χ4v) is 4.73. The number of carbonyl (C=O) groups is 2. The van der Waals surface area contributed by atoms with Gasteiger partial charge in [0.2, 0.25) is 0 Å². The van der Waals surface area contributed by atoms with Gasteiger partial charge >= 0.3 is 6.09 Å². The number of cyclic esters (lactones) is 1. The molecule has 1 aromatic carbocycles. The molecule has 0 spiro atoms. The molecule has 0 radical (unpaired) electrons. The molecule has 2 N–H and O–H groups in total. The van der Waals surface area contributed by atoms with E-state index in [1.54, 1.807) is 17.0 Å². The standard InChI is InChI=1S/C20H22ClN3O3S/c21-19-8-7-18(28-19)17(25)6-4-14-12-24(20(26)27-14)13-3-5-16(15(22)11-13)23-9-1-2-10-23/h3,5,7-8,11,14H,1-2,4,6,9-10,12,22H2. The molecule has 2 aliphatic rings. The smallest absolute Gasteiger partial charge is 0.414 e. The maximum Gasteiger partial charge on any atom is 0.414 e. The van der Waals surface area contributed by atoms with Crippen LogP contribution in [-0.4, -0.2) is 37.6 Å². The molecule has 2 aromatic rings. The molecule has 1 amide bonds. The first-order valence-electron chi connectivity index (χ1n) is 9.42. The lowest BCUT2D eigenvalue weighted by Crippen LogP contribution is -2.25. The number of carbonyl (C=O) groups excluding carboxylic acids is 2. The van der Waals surface area contributed by atoms with Crippen molar-refractivity contribution in [3.63, 3.8) is 0 Å². The van der Waals surface area contributed by atoms with Gasteiger partial charge in [-0.2, -0.15) is 0 Å². The van der Waals surface area contributed by atoms with E-state index in [0.29, 0.717) is 34.3 Å². The van der Waals surface area contributed by atoms with E-state index in [0.717, 1.165) is 24.5 Å². The number of hydrogen-bond acceptors (Lipinski definition) is 6. The number of ether oxygens (including phenoxy) is 1. The molecule has 8 heteroatoms. The van der Waals surface area contributed by atoms with E-state index in [1.165, 1.54) is 24.2 Å². The Labute approximate surface area is 172 Å². The first kappa shape index (κ1) is 19.1. The van der Waals surface area contributed by atoms with Gasteiger partial charge in [0.15, 0.2) is 5.78 Å². The molecule has 2 saturated heterocycles. The minimum Gasteiger partial charge on any atom is -0.444 e. The van der Waals surface area contributed by atoms with Crippen LogP contribution in [0.15, 0.2) is 30.3 Å². The number of ketones is 1. The molecule has 1 atom stereocenters. The number of nitrogens with two attached hydrogens (primary N) is 1. The van der Waals surface area contributed by atoms with Crippen molar-refractivity contribution in [2.75, 3.05) is 35.2 Å². The molecule has 6 nitrogen and oxygen atoms in total. The molecule has 28 heavy (non-hydrogen) atoms. The van der Waals surface area contributed by atoms with E-state index in [-0.39, 0.29) is 11.9 Å². The molecule has 0 bridgehead atoms. The fourth-order valence-electron chi connectivity index (χ4n) is 3.72. The van der Waals surface area contributed by atoms with Crippen molar-refractivity contribution in [1.29, 1.82) is 0 Å². The molecule has 3 heterocycles. The van der Waals surface area contributed by atoms with Gasteiger partial charge < -0.3 is 15.4 Å². The van der Waals surface area contributed by atoms with Crippen LogP contribution in [0.3, 0.4) is 0 Å². The van der Waals surface area contributed by atoms with Crippen molar-refractivity contribution in [3.8, 4) is 0 Å². The first-order valence-corrected chi connectivity index (χ1v) is 10.6. The van der Waals surface area contributed by atoms with Crippen LogP contribution in [0.5, 0.6) is 0 Å². The number of halogens is 1. The zero-order chi connectivity index (χ0) is 19.7.